The first-order valence-electron chi connectivity index (χ1n) is 10.8. The molecule has 0 saturated carbocycles. The van der Waals surface area contributed by atoms with Gasteiger partial charge in [-0.1, -0.05) is 6.92 Å². The molecule has 28 heavy (non-hydrogen) atoms. The Morgan fingerprint density at radius 1 is 1.18 bits per heavy atom. The van der Waals surface area contributed by atoms with Crippen LogP contribution in [0, 0.1) is 0 Å². The van der Waals surface area contributed by atoms with Crippen LogP contribution in [0.5, 0.6) is 0 Å². The predicted molar refractivity (Wildman–Crippen MR) is 103 cm³/mol. The fourth-order valence-electron chi connectivity index (χ4n) is 5.13. The number of carbonyl (C=O) groups excluding carboxylic acids is 3. The number of imide groups is 1. The van der Waals surface area contributed by atoms with E-state index in [9.17, 15) is 14.4 Å². The van der Waals surface area contributed by atoms with Crippen LogP contribution in [0.15, 0.2) is 0 Å². The van der Waals surface area contributed by atoms with Gasteiger partial charge in [0.15, 0.2) is 0 Å². The Kier molecular flexibility index (Phi) is 5.60. The van der Waals surface area contributed by atoms with E-state index in [0.29, 0.717) is 32.5 Å². The zero-order chi connectivity index (χ0) is 19.7. The van der Waals surface area contributed by atoms with Crippen LogP contribution in [-0.2, 0) is 14.3 Å². The third-order valence-corrected chi connectivity index (χ3v) is 6.72. The van der Waals surface area contributed by atoms with Crippen LogP contribution in [0.2, 0.25) is 0 Å². The number of hydrogen-bond acceptors (Lipinski definition) is 5. The number of piperidine rings is 2. The van der Waals surface area contributed by atoms with Crippen LogP contribution in [0.25, 0.3) is 0 Å². The summed E-state index contributed by atoms with van der Waals surface area (Å²) in [6.45, 7) is 6.60. The van der Waals surface area contributed by atoms with Gasteiger partial charge in [-0.15, -0.1) is 0 Å². The number of urea groups is 1. The Bertz CT molecular complexity index is 626. The number of likely N-dealkylation sites (tertiary alicyclic amines) is 2. The Balaban J connectivity index is 1.41. The molecule has 8 nitrogen and oxygen atoms in total. The number of nitrogens with one attached hydrogen (secondary N) is 1. The van der Waals surface area contributed by atoms with Gasteiger partial charge in [0, 0.05) is 32.8 Å². The minimum atomic E-state index is -0.748. The van der Waals surface area contributed by atoms with Crippen molar-refractivity contribution in [3.8, 4) is 0 Å². The quantitative estimate of drug-likeness (QED) is 0.721. The molecule has 4 fully saturated rings. The normalized spacial score (nSPS) is 30.9. The lowest BCUT2D eigenvalue weighted by Crippen LogP contribution is -2.57. The van der Waals surface area contributed by atoms with Gasteiger partial charge in [0.05, 0.1) is 6.04 Å². The van der Waals surface area contributed by atoms with Crippen molar-refractivity contribution < 1.29 is 19.1 Å². The summed E-state index contributed by atoms with van der Waals surface area (Å²) in [5.41, 5.74) is -0.748. The molecule has 0 aromatic rings. The van der Waals surface area contributed by atoms with Crippen molar-refractivity contribution in [2.75, 3.05) is 39.3 Å². The first kappa shape index (κ1) is 19.6. The molecule has 0 radical (unpaired) electrons. The van der Waals surface area contributed by atoms with Crippen molar-refractivity contribution in [2.24, 2.45) is 0 Å². The maximum absolute atomic E-state index is 13.3. The maximum atomic E-state index is 13.3. The molecule has 0 aromatic heterocycles. The zero-order valence-electron chi connectivity index (χ0n) is 16.8. The van der Waals surface area contributed by atoms with Gasteiger partial charge in [0.25, 0.3) is 11.8 Å². The summed E-state index contributed by atoms with van der Waals surface area (Å²) in [6, 6.07) is -0.523. The maximum Gasteiger partial charge on any atom is 0.325 e. The standard InChI is InChI=1S/C20H32N4O4/c1-2-9-22-11-7-20(8-12-22)18(26)24(19(27)21-20)15-5-3-10-23(14-15)17(25)16-6-4-13-28-16/h15-16H,2-14H2,1H3,(H,21,27). The van der Waals surface area contributed by atoms with E-state index in [1.165, 1.54) is 4.90 Å². The molecule has 156 valence electrons. The summed E-state index contributed by atoms with van der Waals surface area (Å²) in [6.07, 6.45) is 5.31. The highest BCUT2D eigenvalue weighted by Crippen LogP contribution is 2.32. The molecule has 0 aliphatic carbocycles. The Morgan fingerprint density at radius 3 is 2.64 bits per heavy atom. The lowest BCUT2D eigenvalue weighted by atomic mass is 9.87. The molecule has 8 heteroatoms. The molecule has 4 heterocycles. The van der Waals surface area contributed by atoms with E-state index in [2.05, 4.69) is 17.1 Å². The molecule has 2 unspecified atom stereocenters. The van der Waals surface area contributed by atoms with Gasteiger partial charge in [-0.2, -0.15) is 0 Å². The summed E-state index contributed by atoms with van der Waals surface area (Å²) in [4.78, 5) is 44.3. The predicted octanol–water partition coefficient (Wildman–Crippen LogP) is 0.953. The van der Waals surface area contributed by atoms with Crippen LogP contribution in [0.1, 0.15) is 51.9 Å². The SMILES string of the molecule is CCCN1CCC2(CC1)NC(=O)N(C1CCCN(C(=O)C3CCCO3)C1)C2=O. The lowest BCUT2D eigenvalue weighted by Gasteiger charge is -2.39. The molecular weight excluding hydrogens is 360 g/mol. The van der Waals surface area contributed by atoms with E-state index >= 15 is 0 Å². The molecule has 0 bridgehead atoms. The topological polar surface area (TPSA) is 82.2 Å². The number of carbonyl (C=O) groups is 3. The van der Waals surface area contributed by atoms with Gasteiger partial charge in [-0.3, -0.25) is 14.5 Å². The average Bonchev–Trinajstić information content (AvgIpc) is 3.31. The Morgan fingerprint density at radius 2 is 1.96 bits per heavy atom. The Labute approximate surface area is 166 Å². The molecule has 0 aromatic carbocycles. The van der Waals surface area contributed by atoms with E-state index in [0.717, 1.165) is 51.7 Å². The highest BCUT2D eigenvalue weighted by molar-refractivity contribution is 6.07. The molecule has 4 saturated heterocycles. The number of hydrogen-bond donors (Lipinski definition) is 1. The molecule has 2 atom stereocenters. The van der Waals surface area contributed by atoms with E-state index < -0.39 is 5.54 Å². The summed E-state index contributed by atoms with van der Waals surface area (Å²) >= 11 is 0. The van der Waals surface area contributed by atoms with Crippen LogP contribution >= 0.6 is 0 Å². The highest BCUT2D eigenvalue weighted by Gasteiger charge is 2.54. The smallest absolute Gasteiger partial charge is 0.325 e. The van der Waals surface area contributed by atoms with Gasteiger partial charge in [-0.25, -0.2) is 4.79 Å². The minimum Gasteiger partial charge on any atom is -0.368 e. The number of nitrogens with zero attached hydrogens (tertiary/aromatic N) is 3. The van der Waals surface area contributed by atoms with E-state index in [4.69, 9.17) is 4.74 Å². The summed E-state index contributed by atoms with van der Waals surface area (Å²) in [5.74, 6) is -0.0816. The van der Waals surface area contributed by atoms with Crippen LogP contribution in [-0.4, -0.2) is 89.6 Å². The fourth-order valence-corrected chi connectivity index (χ4v) is 5.13. The molecule has 4 amide bonds. The zero-order valence-corrected chi connectivity index (χ0v) is 16.8. The average molecular weight is 393 g/mol. The Hall–Kier alpha value is -1.67. The third-order valence-electron chi connectivity index (χ3n) is 6.72. The largest absolute Gasteiger partial charge is 0.368 e. The second-order valence-corrected chi connectivity index (χ2v) is 8.61. The third kappa shape index (κ3) is 3.52. The van der Waals surface area contributed by atoms with Gasteiger partial charge >= 0.3 is 6.03 Å². The van der Waals surface area contributed by atoms with Gasteiger partial charge < -0.3 is 19.9 Å². The first-order valence-corrected chi connectivity index (χ1v) is 10.8. The van der Waals surface area contributed by atoms with Crippen LogP contribution in [0.4, 0.5) is 4.79 Å². The monoisotopic (exact) mass is 392 g/mol. The highest BCUT2D eigenvalue weighted by atomic mass is 16.5. The fraction of sp³-hybridized carbons (Fsp3) is 0.850. The number of ether oxygens (including phenoxy) is 1. The van der Waals surface area contributed by atoms with Crippen LogP contribution in [0.3, 0.4) is 0 Å². The summed E-state index contributed by atoms with van der Waals surface area (Å²) in [7, 11) is 0. The van der Waals surface area contributed by atoms with Gasteiger partial charge in [0.1, 0.15) is 11.6 Å². The van der Waals surface area contributed by atoms with Gasteiger partial charge in [0.2, 0.25) is 0 Å². The second kappa shape index (κ2) is 7.99. The van der Waals surface area contributed by atoms with E-state index in [1.54, 1.807) is 4.90 Å². The number of rotatable bonds is 4. The molecule has 1 N–H and O–H groups in total. The molecule has 1 spiro atoms. The second-order valence-electron chi connectivity index (χ2n) is 8.61. The van der Waals surface area contributed by atoms with Crippen molar-refractivity contribution in [3.63, 3.8) is 0 Å². The molecule has 4 aliphatic heterocycles. The van der Waals surface area contributed by atoms with Crippen molar-refractivity contribution >= 4 is 17.8 Å². The van der Waals surface area contributed by atoms with Gasteiger partial charge in [-0.05, 0) is 51.5 Å². The summed E-state index contributed by atoms with van der Waals surface area (Å²) < 4.78 is 5.54. The van der Waals surface area contributed by atoms with Crippen molar-refractivity contribution in [2.45, 2.75) is 69.6 Å². The van der Waals surface area contributed by atoms with Crippen LogP contribution < -0.4 is 5.32 Å². The lowest BCUT2D eigenvalue weighted by molar-refractivity contribution is -0.145. The molecule has 4 rings (SSSR count). The van der Waals surface area contributed by atoms with E-state index in [1.807, 2.05) is 0 Å². The summed E-state index contributed by atoms with van der Waals surface area (Å²) in [5, 5.41) is 3.01. The molecule has 4 aliphatic rings. The number of amides is 4. The first-order chi connectivity index (χ1) is 13.5. The minimum absolute atomic E-state index is 0.0110. The van der Waals surface area contributed by atoms with Crippen molar-refractivity contribution in [3.05, 3.63) is 0 Å². The van der Waals surface area contributed by atoms with E-state index in [-0.39, 0.29) is 30.0 Å². The molecular formula is C20H32N4O4. The van der Waals surface area contributed by atoms with Crippen molar-refractivity contribution in [1.82, 2.24) is 20.0 Å². The van der Waals surface area contributed by atoms with Crippen molar-refractivity contribution in [1.29, 1.82) is 0 Å².